The summed E-state index contributed by atoms with van der Waals surface area (Å²) in [5, 5.41) is 14.8. The molecule has 174 valence electrons. The molecule has 0 fully saturated rings. The average Bonchev–Trinajstić information content (AvgIpc) is 3.12. The quantitative estimate of drug-likeness (QED) is 0.245. The molecule has 0 aliphatic carbocycles. The lowest BCUT2D eigenvalue weighted by atomic mass is 10.2. The highest BCUT2D eigenvalue weighted by molar-refractivity contribution is 6.32. The number of hydrogen-bond acceptors (Lipinski definition) is 6. The van der Waals surface area contributed by atoms with Gasteiger partial charge in [-0.25, -0.2) is 9.97 Å². The number of nitrogens with zero attached hydrogens (tertiary/aromatic N) is 4. The molecule has 0 atom stereocenters. The Morgan fingerprint density at radius 3 is 2.40 bits per heavy atom. The van der Waals surface area contributed by atoms with E-state index in [1.807, 2.05) is 18.2 Å². The van der Waals surface area contributed by atoms with Crippen LogP contribution in [0.15, 0.2) is 66.7 Å². The molecular formula is C24H16Cl2N6O3. The number of amides is 1. The molecule has 1 amide bonds. The molecule has 0 aliphatic heterocycles. The molecule has 0 bridgehead atoms. The fourth-order valence-corrected chi connectivity index (χ4v) is 4.22. The Bertz CT molecular complexity index is 1650. The topological polar surface area (TPSA) is 129 Å². The van der Waals surface area contributed by atoms with Gasteiger partial charge in [-0.15, -0.1) is 0 Å². The number of nitro groups is 1. The van der Waals surface area contributed by atoms with E-state index in [0.717, 1.165) is 5.56 Å². The Hall–Kier alpha value is -4.21. The maximum atomic E-state index is 13.3. The van der Waals surface area contributed by atoms with Gasteiger partial charge in [-0.3, -0.25) is 19.5 Å². The Labute approximate surface area is 208 Å². The highest BCUT2D eigenvalue weighted by Crippen LogP contribution is 2.34. The van der Waals surface area contributed by atoms with Crippen molar-refractivity contribution < 1.29 is 9.72 Å². The molecule has 2 aromatic heterocycles. The first-order chi connectivity index (χ1) is 16.8. The summed E-state index contributed by atoms with van der Waals surface area (Å²) in [7, 11) is 0. The van der Waals surface area contributed by atoms with Gasteiger partial charge in [-0.1, -0.05) is 53.5 Å². The van der Waals surface area contributed by atoms with E-state index < -0.39 is 10.8 Å². The van der Waals surface area contributed by atoms with Gasteiger partial charge < -0.3 is 11.1 Å². The second-order valence-electron chi connectivity index (χ2n) is 7.65. The summed E-state index contributed by atoms with van der Waals surface area (Å²) >= 11 is 12.2. The predicted molar refractivity (Wildman–Crippen MR) is 135 cm³/mol. The molecule has 0 radical (unpaired) electrons. The van der Waals surface area contributed by atoms with Crippen molar-refractivity contribution in [1.82, 2.24) is 19.9 Å². The number of carbonyl (C=O) groups is 1. The van der Waals surface area contributed by atoms with Gasteiger partial charge in [-0.2, -0.15) is 0 Å². The largest absolute Gasteiger partial charge is 0.384 e. The van der Waals surface area contributed by atoms with Gasteiger partial charge in [0.05, 0.1) is 21.6 Å². The number of para-hydroxylation sites is 2. The van der Waals surface area contributed by atoms with E-state index in [9.17, 15) is 14.9 Å². The fourth-order valence-electron chi connectivity index (χ4n) is 3.83. The number of rotatable bonds is 5. The molecule has 3 N–H and O–H groups in total. The van der Waals surface area contributed by atoms with Crippen LogP contribution in [0.25, 0.3) is 27.9 Å². The van der Waals surface area contributed by atoms with Crippen LogP contribution in [-0.2, 0) is 6.54 Å². The average molecular weight is 507 g/mol. The lowest BCUT2D eigenvalue weighted by molar-refractivity contribution is -0.384. The van der Waals surface area contributed by atoms with Crippen molar-refractivity contribution in [3.05, 3.63) is 98.0 Å². The van der Waals surface area contributed by atoms with Gasteiger partial charge in [0.2, 0.25) is 0 Å². The predicted octanol–water partition coefficient (Wildman–Crippen LogP) is 5.30. The molecule has 9 nitrogen and oxygen atoms in total. The number of benzene rings is 3. The van der Waals surface area contributed by atoms with Crippen molar-refractivity contribution in [3.8, 4) is 5.69 Å². The lowest BCUT2D eigenvalue weighted by Crippen LogP contribution is -2.24. The number of nitrogens with two attached hydrogens (primary N) is 1. The summed E-state index contributed by atoms with van der Waals surface area (Å²) in [6.07, 6.45) is 0. The SMILES string of the molecule is Nc1c(C(=O)NCc2ccccc2Cl)c2nc3ccccc3nc2n1-c1ccc(Cl)c([N+](=O)[O-])c1. The van der Waals surface area contributed by atoms with Gasteiger partial charge >= 0.3 is 0 Å². The Balaban J connectivity index is 1.69. The normalized spacial score (nSPS) is 11.1. The van der Waals surface area contributed by atoms with Gasteiger partial charge in [-0.05, 0) is 35.9 Å². The molecule has 11 heteroatoms. The number of carbonyl (C=O) groups excluding carboxylic acids is 1. The molecule has 2 heterocycles. The minimum absolute atomic E-state index is 0.0250. The highest BCUT2D eigenvalue weighted by atomic mass is 35.5. The van der Waals surface area contributed by atoms with E-state index in [2.05, 4.69) is 15.3 Å². The van der Waals surface area contributed by atoms with Crippen molar-refractivity contribution in [3.63, 3.8) is 0 Å². The van der Waals surface area contributed by atoms with Gasteiger partial charge in [0.1, 0.15) is 21.9 Å². The first kappa shape index (κ1) is 22.6. The zero-order valence-corrected chi connectivity index (χ0v) is 19.4. The maximum absolute atomic E-state index is 13.3. The molecule has 5 rings (SSSR count). The van der Waals surface area contributed by atoms with Crippen molar-refractivity contribution >= 4 is 62.8 Å². The molecule has 3 aromatic carbocycles. The van der Waals surface area contributed by atoms with E-state index in [1.54, 1.807) is 36.4 Å². The molecule has 0 saturated carbocycles. The van der Waals surface area contributed by atoms with Gasteiger partial charge in [0.15, 0.2) is 5.65 Å². The molecule has 0 aliphatic rings. The molecular weight excluding hydrogens is 491 g/mol. The molecule has 0 saturated heterocycles. The number of halogens is 2. The summed E-state index contributed by atoms with van der Waals surface area (Å²) in [5.41, 5.74) is 9.00. The third-order valence-corrected chi connectivity index (χ3v) is 6.20. The number of nitro benzene ring substituents is 1. The van der Waals surface area contributed by atoms with Gasteiger partial charge in [0.25, 0.3) is 11.6 Å². The van der Waals surface area contributed by atoms with Crippen LogP contribution < -0.4 is 11.1 Å². The lowest BCUT2D eigenvalue weighted by Gasteiger charge is -2.09. The summed E-state index contributed by atoms with van der Waals surface area (Å²) in [4.78, 5) is 33.5. The Morgan fingerprint density at radius 2 is 1.69 bits per heavy atom. The van der Waals surface area contributed by atoms with Crippen molar-refractivity contribution in [1.29, 1.82) is 0 Å². The highest BCUT2D eigenvalue weighted by Gasteiger charge is 2.26. The van der Waals surface area contributed by atoms with Crippen LogP contribution in [0.5, 0.6) is 0 Å². The number of aromatic nitrogens is 3. The van der Waals surface area contributed by atoms with Crippen molar-refractivity contribution in [2.75, 3.05) is 5.73 Å². The van der Waals surface area contributed by atoms with Crippen LogP contribution in [0.2, 0.25) is 10.0 Å². The number of nitrogens with one attached hydrogen (secondary N) is 1. The van der Waals surface area contributed by atoms with Crippen LogP contribution in [0.4, 0.5) is 11.5 Å². The summed E-state index contributed by atoms with van der Waals surface area (Å²) < 4.78 is 1.46. The third kappa shape index (κ3) is 4.01. The molecule has 0 unspecified atom stereocenters. The van der Waals surface area contributed by atoms with Crippen molar-refractivity contribution in [2.24, 2.45) is 0 Å². The first-order valence-electron chi connectivity index (χ1n) is 10.4. The standard InChI is InChI=1S/C24H16Cl2N6O3/c25-15-6-2-1-5-13(15)12-28-24(33)20-21-23(30-18-8-4-3-7-17(18)29-21)31(22(20)27)14-9-10-16(26)19(11-14)32(34)35/h1-11H,12,27H2,(H,28,33). The smallest absolute Gasteiger partial charge is 0.289 e. The number of fused-ring (bicyclic) bond motifs is 2. The van der Waals surface area contributed by atoms with E-state index in [0.29, 0.717) is 21.7 Å². The number of anilines is 1. The molecule has 5 aromatic rings. The maximum Gasteiger partial charge on any atom is 0.289 e. The zero-order chi connectivity index (χ0) is 24.7. The van der Waals surface area contributed by atoms with Crippen LogP contribution >= 0.6 is 23.2 Å². The van der Waals surface area contributed by atoms with E-state index >= 15 is 0 Å². The molecule has 35 heavy (non-hydrogen) atoms. The summed E-state index contributed by atoms with van der Waals surface area (Å²) in [6, 6.07) is 18.5. The van der Waals surface area contributed by atoms with E-state index in [-0.39, 0.29) is 39.8 Å². The Morgan fingerprint density at radius 1 is 1.00 bits per heavy atom. The van der Waals surface area contributed by atoms with Gasteiger partial charge in [0, 0.05) is 17.6 Å². The summed E-state index contributed by atoms with van der Waals surface area (Å²) in [5.74, 6) is -0.456. The zero-order valence-electron chi connectivity index (χ0n) is 17.9. The second kappa shape index (κ2) is 8.86. The van der Waals surface area contributed by atoms with Crippen molar-refractivity contribution in [2.45, 2.75) is 6.54 Å². The monoisotopic (exact) mass is 506 g/mol. The van der Waals surface area contributed by atoms with E-state index in [1.165, 1.54) is 16.7 Å². The minimum atomic E-state index is -0.591. The first-order valence-corrected chi connectivity index (χ1v) is 11.1. The summed E-state index contributed by atoms with van der Waals surface area (Å²) in [6.45, 7) is 0.165. The van der Waals surface area contributed by atoms with Crippen LogP contribution in [-0.4, -0.2) is 25.4 Å². The Kier molecular flexibility index (Phi) is 5.72. The third-order valence-electron chi connectivity index (χ3n) is 5.51. The van der Waals surface area contributed by atoms with Crippen LogP contribution in [0, 0.1) is 10.1 Å². The van der Waals surface area contributed by atoms with Crippen LogP contribution in [0.1, 0.15) is 15.9 Å². The van der Waals surface area contributed by atoms with E-state index in [4.69, 9.17) is 28.9 Å². The second-order valence-corrected chi connectivity index (χ2v) is 8.46. The number of nitrogen functional groups attached to an aromatic ring is 1. The van der Waals surface area contributed by atoms with Crippen LogP contribution in [0.3, 0.4) is 0 Å². The minimum Gasteiger partial charge on any atom is -0.384 e. The fraction of sp³-hybridized carbons (Fsp3) is 0.0417. The number of hydrogen-bond donors (Lipinski definition) is 2. The molecule has 0 spiro atoms.